The molecular formula is C16H15F3O. The number of benzene rings is 2. The molecule has 2 aromatic carbocycles. The molecule has 0 N–H and O–H groups in total. The fourth-order valence-corrected chi connectivity index (χ4v) is 2.15. The van der Waals surface area contributed by atoms with Crippen LogP contribution in [0.1, 0.15) is 22.3 Å². The summed E-state index contributed by atoms with van der Waals surface area (Å²) in [7, 11) is 1.55. The van der Waals surface area contributed by atoms with Crippen LogP contribution in [0.2, 0.25) is 0 Å². The van der Waals surface area contributed by atoms with Gasteiger partial charge in [-0.2, -0.15) is 13.2 Å². The lowest BCUT2D eigenvalue weighted by molar-refractivity contribution is -0.138. The molecule has 0 aliphatic carbocycles. The number of aryl methyl sites for hydroxylation is 1. The van der Waals surface area contributed by atoms with Gasteiger partial charge in [0.1, 0.15) is 5.75 Å². The first-order valence-corrected chi connectivity index (χ1v) is 6.20. The Kier molecular flexibility index (Phi) is 4.02. The molecule has 0 heterocycles. The lowest BCUT2D eigenvalue weighted by Gasteiger charge is -2.13. The highest BCUT2D eigenvalue weighted by molar-refractivity contribution is 5.40. The molecule has 20 heavy (non-hydrogen) atoms. The molecule has 4 heteroatoms. The van der Waals surface area contributed by atoms with E-state index in [0.29, 0.717) is 17.7 Å². The van der Waals surface area contributed by atoms with Gasteiger partial charge in [0.2, 0.25) is 0 Å². The number of methoxy groups -OCH3 is 1. The number of ether oxygens (including phenoxy) is 1. The number of alkyl halides is 3. The first kappa shape index (κ1) is 14.4. The summed E-state index contributed by atoms with van der Waals surface area (Å²) in [6.07, 6.45) is -3.91. The van der Waals surface area contributed by atoms with E-state index in [1.54, 1.807) is 19.2 Å². The van der Waals surface area contributed by atoms with E-state index in [9.17, 15) is 13.2 Å². The average molecular weight is 280 g/mol. The maximum atomic E-state index is 12.9. The Balaban J connectivity index is 2.35. The van der Waals surface area contributed by atoms with Gasteiger partial charge in [0.25, 0.3) is 0 Å². The Morgan fingerprint density at radius 3 is 2.40 bits per heavy atom. The summed E-state index contributed by atoms with van der Waals surface area (Å²) in [5.41, 5.74) is 1.14. The molecule has 0 aromatic heterocycles. The summed E-state index contributed by atoms with van der Waals surface area (Å²) in [6.45, 7) is 1.47. The lowest BCUT2D eigenvalue weighted by Crippen LogP contribution is -2.08. The highest BCUT2D eigenvalue weighted by atomic mass is 19.4. The highest BCUT2D eigenvalue weighted by Gasteiger charge is 2.32. The van der Waals surface area contributed by atoms with E-state index >= 15 is 0 Å². The third kappa shape index (κ3) is 3.13. The minimum Gasteiger partial charge on any atom is -0.496 e. The van der Waals surface area contributed by atoms with Crippen molar-refractivity contribution >= 4 is 0 Å². The Hall–Kier alpha value is -1.97. The van der Waals surface area contributed by atoms with E-state index in [1.807, 2.05) is 18.2 Å². The monoisotopic (exact) mass is 280 g/mol. The number of halogens is 3. The van der Waals surface area contributed by atoms with Crippen LogP contribution in [-0.2, 0) is 12.6 Å². The largest absolute Gasteiger partial charge is 0.496 e. The molecule has 0 bridgehead atoms. The van der Waals surface area contributed by atoms with Gasteiger partial charge >= 0.3 is 6.18 Å². The minimum absolute atomic E-state index is 0.237. The number of hydrogen-bond donors (Lipinski definition) is 0. The zero-order valence-electron chi connectivity index (χ0n) is 11.3. The maximum Gasteiger partial charge on any atom is 0.416 e. The van der Waals surface area contributed by atoms with Gasteiger partial charge in [0.15, 0.2) is 0 Å². The molecule has 0 unspecified atom stereocenters. The van der Waals surface area contributed by atoms with E-state index in [2.05, 4.69) is 0 Å². The third-order valence-corrected chi connectivity index (χ3v) is 3.19. The standard InChI is InChI=1S/C16H15F3O/c1-11-7-8-12(10-14(11)16(17,18)19)9-13-5-3-4-6-15(13)20-2/h3-8,10H,9H2,1-2H3. The second-order valence-electron chi connectivity index (χ2n) is 4.64. The van der Waals surface area contributed by atoms with Crippen molar-refractivity contribution in [2.24, 2.45) is 0 Å². The van der Waals surface area contributed by atoms with Crippen LogP contribution >= 0.6 is 0 Å². The summed E-state index contributed by atoms with van der Waals surface area (Å²) < 4.78 is 43.9. The number of hydrogen-bond acceptors (Lipinski definition) is 1. The first-order valence-electron chi connectivity index (χ1n) is 6.20. The summed E-state index contributed by atoms with van der Waals surface area (Å²) in [5, 5.41) is 0. The van der Waals surface area contributed by atoms with Gasteiger partial charge in [-0.05, 0) is 35.7 Å². The molecule has 0 aliphatic heterocycles. The fourth-order valence-electron chi connectivity index (χ4n) is 2.15. The van der Waals surface area contributed by atoms with Gasteiger partial charge in [-0.25, -0.2) is 0 Å². The molecule has 0 saturated carbocycles. The van der Waals surface area contributed by atoms with Gasteiger partial charge < -0.3 is 4.74 Å². The molecule has 2 aromatic rings. The van der Waals surface area contributed by atoms with Crippen LogP contribution in [0.25, 0.3) is 0 Å². The van der Waals surface area contributed by atoms with Crippen molar-refractivity contribution < 1.29 is 17.9 Å². The van der Waals surface area contributed by atoms with Crippen molar-refractivity contribution in [3.63, 3.8) is 0 Å². The van der Waals surface area contributed by atoms with Crippen LogP contribution in [0.15, 0.2) is 42.5 Å². The molecule has 0 fully saturated rings. The molecular weight excluding hydrogens is 265 g/mol. The molecule has 2 rings (SSSR count). The van der Waals surface area contributed by atoms with Crippen molar-refractivity contribution in [2.75, 3.05) is 7.11 Å². The summed E-state index contributed by atoms with van der Waals surface area (Å²) in [4.78, 5) is 0. The lowest BCUT2D eigenvalue weighted by atomic mass is 9.99. The smallest absolute Gasteiger partial charge is 0.416 e. The molecule has 1 nitrogen and oxygen atoms in total. The topological polar surface area (TPSA) is 9.23 Å². The van der Waals surface area contributed by atoms with E-state index in [4.69, 9.17) is 4.74 Å². The Labute approximate surface area is 116 Å². The van der Waals surface area contributed by atoms with E-state index in [-0.39, 0.29) is 5.56 Å². The van der Waals surface area contributed by atoms with Gasteiger partial charge in [0, 0.05) is 6.42 Å². The molecule has 0 atom stereocenters. The van der Waals surface area contributed by atoms with Crippen LogP contribution in [0.5, 0.6) is 5.75 Å². The highest BCUT2D eigenvalue weighted by Crippen LogP contribution is 2.33. The Bertz CT molecular complexity index is 603. The Morgan fingerprint density at radius 1 is 1.05 bits per heavy atom. The molecule has 0 amide bonds. The minimum atomic E-state index is -4.32. The fraction of sp³-hybridized carbons (Fsp3) is 0.250. The van der Waals surface area contributed by atoms with Crippen molar-refractivity contribution in [3.05, 3.63) is 64.7 Å². The summed E-state index contributed by atoms with van der Waals surface area (Å²) in [6, 6.07) is 11.8. The van der Waals surface area contributed by atoms with Crippen molar-refractivity contribution in [3.8, 4) is 5.75 Å². The zero-order chi connectivity index (χ0) is 14.8. The number of para-hydroxylation sites is 1. The first-order chi connectivity index (χ1) is 9.41. The van der Waals surface area contributed by atoms with Gasteiger partial charge in [0.05, 0.1) is 12.7 Å². The van der Waals surface area contributed by atoms with E-state index in [0.717, 1.165) is 5.56 Å². The second-order valence-corrected chi connectivity index (χ2v) is 4.64. The third-order valence-electron chi connectivity index (χ3n) is 3.19. The average Bonchev–Trinajstić information content (AvgIpc) is 2.40. The predicted molar refractivity (Wildman–Crippen MR) is 72.0 cm³/mol. The van der Waals surface area contributed by atoms with Crippen molar-refractivity contribution in [2.45, 2.75) is 19.5 Å². The van der Waals surface area contributed by atoms with Crippen LogP contribution in [0.3, 0.4) is 0 Å². The maximum absolute atomic E-state index is 12.9. The van der Waals surface area contributed by atoms with Gasteiger partial charge in [-0.1, -0.05) is 30.3 Å². The van der Waals surface area contributed by atoms with E-state index < -0.39 is 11.7 Å². The second kappa shape index (κ2) is 5.57. The van der Waals surface area contributed by atoms with Crippen LogP contribution < -0.4 is 4.74 Å². The summed E-state index contributed by atoms with van der Waals surface area (Å²) in [5.74, 6) is 0.682. The quantitative estimate of drug-likeness (QED) is 0.797. The van der Waals surface area contributed by atoms with Crippen LogP contribution in [-0.4, -0.2) is 7.11 Å². The van der Waals surface area contributed by atoms with Gasteiger partial charge in [-0.15, -0.1) is 0 Å². The molecule has 0 aliphatic rings. The molecule has 0 spiro atoms. The summed E-state index contributed by atoms with van der Waals surface area (Å²) >= 11 is 0. The van der Waals surface area contributed by atoms with Gasteiger partial charge in [-0.3, -0.25) is 0 Å². The normalized spacial score (nSPS) is 11.4. The molecule has 0 radical (unpaired) electrons. The number of rotatable bonds is 3. The Morgan fingerprint density at radius 2 is 1.75 bits per heavy atom. The van der Waals surface area contributed by atoms with Crippen molar-refractivity contribution in [1.82, 2.24) is 0 Å². The van der Waals surface area contributed by atoms with E-state index in [1.165, 1.54) is 19.1 Å². The molecule has 0 saturated heterocycles. The van der Waals surface area contributed by atoms with Crippen LogP contribution in [0, 0.1) is 6.92 Å². The predicted octanol–water partition coefficient (Wildman–Crippen LogP) is 4.61. The SMILES string of the molecule is COc1ccccc1Cc1ccc(C)c(C(F)(F)F)c1. The molecule has 106 valence electrons. The van der Waals surface area contributed by atoms with Crippen LogP contribution in [0.4, 0.5) is 13.2 Å². The zero-order valence-corrected chi connectivity index (χ0v) is 11.3. The van der Waals surface area contributed by atoms with Crippen molar-refractivity contribution in [1.29, 1.82) is 0 Å².